The predicted octanol–water partition coefficient (Wildman–Crippen LogP) is 3.41. The van der Waals surface area contributed by atoms with E-state index in [0.717, 1.165) is 38.0 Å². The summed E-state index contributed by atoms with van der Waals surface area (Å²) in [5.74, 6) is -0.0826. The van der Waals surface area contributed by atoms with Crippen molar-refractivity contribution < 1.29 is 9.32 Å². The highest BCUT2D eigenvalue weighted by molar-refractivity contribution is 6.07. The first-order valence-corrected chi connectivity index (χ1v) is 9.51. The summed E-state index contributed by atoms with van der Waals surface area (Å²) in [7, 11) is 0. The number of piperidine rings is 1. The Morgan fingerprint density at radius 3 is 2.70 bits per heavy atom. The maximum absolute atomic E-state index is 13.1. The fraction of sp³-hybridized carbons (Fsp3) is 0.381. The summed E-state index contributed by atoms with van der Waals surface area (Å²) in [5, 5.41) is 7.91. The number of hydrogen-bond acceptors (Lipinski definition) is 5. The summed E-state index contributed by atoms with van der Waals surface area (Å²) in [6.45, 7) is 7.12. The number of rotatable bonds is 4. The van der Waals surface area contributed by atoms with Crippen molar-refractivity contribution in [2.45, 2.75) is 32.7 Å². The van der Waals surface area contributed by atoms with Crippen LogP contribution in [-0.4, -0.2) is 46.6 Å². The lowest BCUT2D eigenvalue weighted by Crippen LogP contribution is -2.44. The number of aryl methyl sites for hydroxylation is 1. The average Bonchev–Trinajstić information content (AvgIpc) is 3.09. The molecule has 0 radical (unpaired) electrons. The van der Waals surface area contributed by atoms with Crippen molar-refractivity contribution in [1.29, 1.82) is 0 Å². The van der Waals surface area contributed by atoms with E-state index in [-0.39, 0.29) is 11.9 Å². The lowest BCUT2D eigenvalue weighted by atomic mass is 10.0. The Morgan fingerprint density at radius 2 is 2.00 bits per heavy atom. The van der Waals surface area contributed by atoms with E-state index in [9.17, 15) is 4.79 Å². The minimum Gasteiger partial charge on any atom is -0.349 e. The Morgan fingerprint density at radius 1 is 1.26 bits per heavy atom. The maximum atomic E-state index is 13.1. The standard InChI is InChI=1S/C21H24N4O2/c1-3-25-11-9-16(10-12-25)22-20(26)17-13-18(15-7-5-4-6-8-15)23-21-19(17)14(2)24-27-21/h4-8,13,16H,3,9-12H2,1-2H3,(H,22,26). The van der Waals surface area contributed by atoms with Crippen LogP contribution in [0.2, 0.25) is 0 Å². The monoisotopic (exact) mass is 364 g/mol. The Bertz CT molecular complexity index is 943. The number of fused-ring (bicyclic) bond motifs is 1. The summed E-state index contributed by atoms with van der Waals surface area (Å²) in [6, 6.07) is 11.8. The largest absolute Gasteiger partial charge is 0.349 e. The van der Waals surface area contributed by atoms with Crippen LogP contribution >= 0.6 is 0 Å². The van der Waals surface area contributed by atoms with Crippen molar-refractivity contribution in [2.24, 2.45) is 0 Å². The molecular weight excluding hydrogens is 340 g/mol. The van der Waals surface area contributed by atoms with Crippen molar-refractivity contribution in [3.05, 3.63) is 47.7 Å². The molecule has 1 N–H and O–H groups in total. The number of likely N-dealkylation sites (tertiary alicyclic amines) is 1. The van der Waals surface area contributed by atoms with Gasteiger partial charge in [-0.05, 0) is 32.4 Å². The summed E-state index contributed by atoms with van der Waals surface area (Å²) >= 11 is 0. The molecule has 6 nitrogen and oxygen atoms in total. The number of carbonyl (C=O) groups is 1. The molecule has 1 aromatic carbocycles. The molecule has 0 aliphatic carbocycles. The van der Waals surface area contributed by atoms with E-state index < -0.39 is 0 Å². The van der Waals surface area contributed by atoms with Gasteiger partial charge >= 0.3 is 0 Å². The Balaban J connectivity index is 1.65. The summed E-state index contributed by atoms with van der Waals surface area (Å²) in [6.07, 6.45) is 1.95. The van der Waals surface area contributed by atoms with Crippen LogP contribution in [0.15, 0.2) is 40.9 Å². The molecule has 4 rings (SSSR count). The quantitative estimate of drug-likeness (QED) is 0.768. The number of hydrogen-bond donors (Lipinski definition) is 1. The van der Waals surface area contributed by atoms with Gasteiger partial charge in [0.25, 0.3) is 11.6 Å². The molecule has 0 bridgehead atoms. The van der Waals surface area contributed by atoms with E-state index in [4.69, 9.17) is 4.52 Å². The normalized spacial score (nSPS) is 15.9. The topological polar surface area (TPSA) is 71.3 Å². The molecule has 2 aromatic heterocycles. The molecule has 27 heavy (non-hydrogen) atoms. The number of nitrogens with zero attached hydrogens (tertiary/aromatic N) is 3. The van der Waals surface area contributed by atoms with Gasteiger partial charge in [-0.3, -0.25) is 4.79 Å². The molecule has 3 aromatic rings. The summed E-state index contributed by atoms with van der Waals surface area (Å²) < 4.78 is 5.37. The van der Waals surface area contributed by atoms with Crippen LogP contribution in [-0.2, 0) is 0 Å². The zero-order chi connectivity index (χ0) is 18.8. The third-order valence-corrected chi connectivity index (χ3v) is 5.30. The molecule has 140 valence electrons. The molecule has 1 aliphatic heterocycles. The molecule has 1 aliphatic rings. The molecule has 0 atom stereocenters. The summed E-state index contributed by atoms with van der Waals surface area (Å²) in [4.78, 5) is 20.1. The van der Waals surface area contributed by atoms with Gasteiger partial charge in [0.15, 0.2) is 0 Å². The number of pyridine rings is 1. The van der Waals surface area contributed by atoms with E-state index in [2.05, 4.69) is 27.3 Å². The van der Waals surface area contributed by atoms with Crippen molar-refractivity contribution in [1.82, 2.24) is 20.4 Å². The Hall–Kier alpha value is -2.73. The van der Waals surface area contributed by atoms with Crippen LogP contribution in [0.1, 0.15) is 35.8 Å². The average molecular weight is 364 g/mol. The van der Waals surface area contributed by atoms with Crippen LogP contribution in [0.5, 0.6) is 0 Å². The number of nitrogens with one attached hydrogen (secondary N) is 1. The first-order valence-electron chi connectivity index (χ1n) is 9.51. The van der Waals surface area contributed by atoms with Crippen LogP contribution < -0.4 is 5.32 Å². The minimum atomic E-state index is -0.0826. The number of amides is 1. The van der Waals surface area contributed by atoms with Crippen LogP contribution in [0.3, 0.4) is 0 Å². The second kappa shape index (κ2) is 7.48. The van der Waals surface area contributed by atoms with Crippen LogP contribution in [0, 0.1) is 6.92 Å². The van der Waals surface area contributed by atoms with Gasteiger partial charge in [0.05, 0.1) is 22.3 Å². The van der Waals surface area contributed by atoms with Gasteiger partial charge in [0, 0.05) is 24.7 Å². The molecule has 0 spiro atoms. The van der Waals surface area contributed by atoms with E-state index in [1.165, 1.54) is 0 Å². The van der Waals surface area contributed by atoms with Gasteiger partial charge in [-0.15, -0.1) is 0 Å². The van der Waals surface area contributed by atoms with Crippen molar-refractivity contribution in [3.8, 4) is 11.3 Å². The van der Waals surface area contributed by atoms with Crippen LogP contribution in [0.4, 0.5) is 0 Å². The highest BCUT2D eigenvalue weighted by Crippen LogP contribution is 2.27. The molecule has 3 heterocycles. The fourth-order valence-corrected chi connectivity index (χ4v) is 3.69. The highest BCUT2D eigenvalue weighted by Gasteiger charge is 2.24. The van der Waals surface area contributed by atoms with Crippen LogP contribution in [0.25, 0.3) is 22.4 Å². The Kier molecular flexibility index (Phi) is 4.90. The van der Waals surface area contributed by atoms with Gasteiger partial charge < -0.3 is 14.7 Å². The highest BCUT2D eigenvalue weighted by atomic mass is 16.5. The first-order chi connectivity index (χ1) is 13.2. The summed E-state index contributed by atoms with van der Waals surface area (Å²) in [5.41, 5.74) is 3.32. The lowest BCUT2D eigenvalue weighted by molar-refractivity contribution is 0.0914. The van der Waals surface area contributed by atoms with E-state index >= 15 is 0 Å². The molecule has 1 saturated heterocycles. The van der Waals surface area contributed by atoms with E-state index in [0.29, 0.717) is 28.1 Å². The first kappa shape index (κ1) is 17.7. The predicted molar refractivity (Wildman–Crippen MR) is 105 cm³/mol. The van der Waals surface area contributed by atoms with E-state index in [1.54, 1.807) is 0 Å². The van der Waals surface area contributed by atoms with Gasteiger partial charge in [-0.25, -0.2) is 4.98 Å². The van der Waals surface area contributed by atoms with Gasteiger partial charge in [0.2, 0.25) is 0 Å². The second-order valence-corrected chi connectivity index (χ2v) is 7.05. The lowest BCUT2D eigenvalue weighted by Gasteiger charge is -2.31. The number of carbonyl (C=O) groups excluding carboxylic acids is 1. The number of benzene rings is 1. The minimum absolute atomic E-state index is 0.0826. The van der Waals surface area contributed by atoms with Gasteiger partial charge in [-0.2, -0.15) is 0 Å². The van der Waals surface area contributed by atoms with Gasteiger partial charge in [-0.1, -0.05) is 42.4 Å². The molecular formula is C21H24N4O2. The smallest absolute Gasteiger partial charge is 0.259 e. The Labute approximate surface area is 158 Å². The second-order valence-electron chi connectivity index (χ2n) is 7.05. The zero-order valence-electron chi connectivity index (χ0n) is 15.7. The molecule has 1 amide bonds. The van der Waals surface area contributed by atoms with Crippen molar-refractivity contribution >= 4 is 17.0 Å². The number of aromatic nitrogens is 2. The van der Waals surface area contributed by atoms with Crippen molar-refractivity contribution in [2.75, 3.05) is 19.6 Å². The third kappa shape index (κ3) is 3.57. The molecule has 0 saturated carbocycles. The zero-order valence-corrected chi connectivity index (χ0v) is 15.7. The molecule has 6 heteroatoms. The van der Waals surface area contributed by atoms with E-state index in [1.807, 2.05) is 43.3 Å². The van der Waals surface area contributed by atoms with Gasteiger partial charge in [0.1, 0.15) is 0 Å². The fourth-order valence-electron chi connectivity index (χ4n) is 3.69. The SMILES string of the molecule is CCN1CCC(NC(=O)c2cc(-c3ccccc3)nc3onc(C)c23)CC1. The maximum Gasteiger partial charge on any atom is 0.259 e. The third-order valence-electron chi connectivity index (χ3n) is 5.30. The molecule has 1 fully saturated rings. The molecule has 0 unspecified atom stereocenters. The van der Waals surface area contributed by atoms with Crippen molar-refractivity contribution in [3.63, 3.8) is 0 Å².